The van der Waals surface area contributed by atoms with Crippen molar-refractivity contribution >= 4 is 5.97 Å². The van der Waals surface area contributed by atoms with Crippen LogP contribution in [-0.4, -0.2) is 22.8 Å². The van der Waals surface area contributed by atoms with Crippen molar-refractivity contribution in [3.63, 3.8) is 0 Å². The number of carbonyl (C=O) groups is 1. The van der Waals surface area contributed by atoms with E-state index >= 15 is 0 Å². The van der Waals surface area contributed by atoms with Crippen molar-refractivity contribution in [3.05, 3.63) is 0 Å². The van der Waals surface area contributed by atoms with Gasteiger partial charge in [-0.2, -0.15) is 13.2 Å². The van der Waals surface area contributed by atoms with Crippen LogP contribution in [0.1, 0.15) is 13.3 Å². The molecule has 0 radical (unpaired) electrons. The summed E-state index contributed by atoms with van der Waals surface area (Å²) in [7, 11) is 0. The van der Waals surface area contributed by atoms with Gasteiger partial charge in [0.05, 0.1) is 0 Å². The average Bonchev–Trinajstić information content (AvgIpc) is 1.83. The zero-order valence-corrected chi connectivity index (χ0v) is 5.77. The van der Waals surface area contributed by atoms with Gasteiger partial charge in [0.1, 0.15) is 0 Å². The molecule has 0 fully saturated rings. The summed E-state index contributed by atoms with van der Waals surface area (Å²) >= 11 is 0. The molecule has 0 unspecified atom stereocenters. The maximum atomic E-state index is 11.8. The molecule has 0 amide bonds. The third-order valence-electron chi connectivity index (χ3n) is 1.45. The molecule has 11 heavy (non-hydrogen) atoms. The van der Waals surface area contributed by atoms with Crippen LogP contribution >= 0.6 is 0 Å². The Hall–Kier alpha value is -0.780. The van der Waals surface area contributed by atoms with E-state index in [9.17, 15) is 18.0 Å². The van der Waals surface area contributed by atoms with Crippen LogP contribution in [0.3, 0.4) is 0 Å². The molecule has 6 heteroatoms. The normalized spacial score (nSPS) is 17.5. The number of hydrogen-bond acceptors (Lipinski definition) is 2. The van der Waals surface area contributed by atoms with Crippen LogP contribution in [0.4, 0.5) is 13.2 Å². The monoisotopic (exact) mass is 171 g/mol. The van der Waals surface area contributed by atoms with Gasteiger partial charge in [0.2, 0.25) is 5.54 Å². The molecule has 0 aliphatic carbocycles. The number of rotatable bonds is 2. The molecule has 0 heterocycles. The van der Waals surface area contributed by atoms with E-state index in [0.717, 1.165) is 6.92 Å². The van der Waals surface area contributed by atoms with E-state index in [-0.39, 0.29) is 0 Å². The van der Waals surface area contributed by atoms with Gasteiger partial charge in [0.25, 0.3) is 0 Å². The van der Waals surface area contributed by atoms with Crippen molar-refractivity contribution in [2.45, 2.75) is 25.1 Å². The summed E-state index contributed by atoms with van der Waals surface area (Å²) in [5.74, 6) is -2.05. The van der Waals surface area contributed by atoms with Crippen LogP contribution in [0.15, 0.2) is 0 Å². The minimum absolute atomic E-state index is 0.675. The number of halogens is 3. The third-order valence-corrected chi connectivity index (χ3v) is 1.45. The van der Waals surface area contributed by atoms with Crippen LogP contribution in [0.5, 0.6) is 0 Å². The van der Waals surface area contributed by atoms with Gasteiger partial charge in [0, 0.05) is 0 Å². The molecular formula is C5H8F3NO2. The first-order valence-electron chi connectivity index (χ1n) is 2.84. The highest BCUT2D eigenvalue weighted by atomic mass is 19.4. The zero-order chi connectivity index (χ0) is 9.28. The Labute approximate surface area is 61.0 Å². The molecule has 0 saturated carbocycles. The van der Waals surface area contributed by atoms with Crippen molar-refractivity contribution in [1.29, 1.82) is 0 Å². The van der Waals surface area contributed by atoms with E-state index in [1.54, 1.807) is 0 Å². The summed E-state index contributed by atoms with van der Waals surface area (Å²) in [6.07, 6.45) is -5.57. The zero-order valence-electron chi connectivity index (χ0n) is 5.77. The maximum absolute atomic E-state index is 11.8. The summed E-state index contributed by atoms with van der Waals surface area (Å²) in [5, 5.41) is 8.12. The second-order valence-corrected chi connectivity index (χ2v) is 2.13. The highest BCUT2D eigenvalue weighted by Gasteiger charge is 2.56. The summed E-state index contributed by atoms with van der Waals surface area (Å²) in [6, 6.07) is 0. The largest absolute Gasteiger partial charge is 0.480 e. The van der Waals surface area contributed by atoms with Crippen molar-refractivity contribution in [1.82, 2.24) is 0 Å². The Morgan fingerprint density at radius 2 is 1.91 bits per heavy atom. The molecule has 66 valence electrons. The second kappa shape index (κ2) is 2.69. The minimum Gasteiger partial charge on any atom is -0.480 e. The van der Waals surface area contributed by atoms with Crippen LogP contribution in [0.2, 0.25) is 0 Å². The van der Waals surface area contributed by atoms with E-state index in [0.29, 0.717) is 0 Å². The molecule has 3 N–H and O–H groups in total. The molecule has 0 spiro atoms. The van der Waals surface area contributed by atoms with Gasteiger partial charge in [0.15, 0.2) is 0 Å². The van der Waals surface area contributed by atoms with Gasteiger partial charge in [-0.3, -0.25) is 0 Å². The van der Waals surface area contributed by atoms with Gasteiger partial charge >= 0.3 is 12.1 Å². The average molecular weight is 171 g/mol. The molecule has 0 aliphatic rings. The first-order chi connectivity index (χ1) is 4.75. The second-order valence-electron chi connectivity index (χ2n) is 2.13. The van der Waals surface area contributed by atoms with Gasteiger partial charge in [-0.1, -0.05) is 6.92 Å². The smallest absolute Gasteiger partial charge is 0.417 e. The number of alkyl halides is 3. The van der Waals surface area contributed by atoms with E-state index < -0.39 is 24.1 Å². The van der Waals surface area contributed by atoms with Crippen molar-refractivity contribution in [2.24, 2.45) is 5.73 Å². The molecule has 0 aromatic rings. The third kappa shape index (κ3) is 1.62. The van der Waals surface area contributed by atoms with E-state index in [2.05, 4.69) is 5.73 Å². The van der Waals surface area contributed by atoms with Crippen LogP contribution in [0, 0.1) is 0 Å². The Morgan fingerprint density at radius 3 is 1.91 bits per heavy atom. The van der Waals surface area contributed by atoms with Gasteiger partial charge in [-0.25, -0.2) is 4.79 Å². The van der Waals surface area contributed by atoms with Crippen LogP contribution < -0.4 is 5.73 Å². The lowest BCUT2D eigenvalue weighted by Gasteiger charge is -2.25. The lowest BCUT2D eigenvalue weighted by atomic mass is 9.97. The number of carboxylic acids is 1. The topological polar surface area (TPSA) is 63.3 Å². The fourth-order valence-electron chi connectivity index (χ4n) is 0.473. The van der Waals surface area contributed by atoms with E-state index in [1.807, 2.05) is 0 Å². The van der Waals surface area contributed by atoms with Crippen LogP contribution in [0.25, 0.3) is 0 Å². The van der Waals surface area contributed by atoms with Crippen molar-refractivity contribution in [3.8, 4) is 0 Å². The maximum Gasteiger partial charge on any atom is 0.417 e. The van der Waals surface area contributed by atoms with E-state index in [4.69, 9.17) is 5.11 Å². The summed E-state index contributed by atoms with van der Waals surface area (Å²) in [4.78, 5) is 10.1. The molecule has 3 nitrogen and oxygen atoms in total. The molecular weight excluding hydrogens is 163 g/mol. The van der Waals surface area contributed by atoms with Crippen molar-refractivity contribution < 1.29 is 23.1 Å². The Bertz CT molecular complexity index is 168. The molecule has 0 saturated heterocycles. The van der Waals surface area contributed by atoms with Gasteiger partial charge < -0.3 is 10.8 Å². The molecule has 1 atom stereocenters. The lowest BCUT2D eigenvalue weighted by Crippen LogP contribution is -2.59. The van der Waals surface area contributed by atoms with E-state index in [1.165, 1.54) is 0 Å². The predicted molar refractivity (Wildman–Crippen MR) is 30.9 cm³/mol. The number of nitrogens with two attached hydrogens (primary N) is 1. The fraction of sp³-hybridized carbons (Fsp3) is 0.800. The summed E-state index contributed by atoms with van der Waals surface area (Å²) in [5.41, 5.74) is 1.49. The SMILES string of the molecule is CC[C@](N)(C(=O)O)C(F)(F)F. The summed E-state index contributed by atoms with van der Waals surface area (Å²) < 4.78 is 35.5. The molecule has 0 aromatic heterocycles. The standard InChI is InChI=1S/C5H8F3NO2/c1-2-4(9,3(10)11)5(6,7)8/h2,9H2,1H3,(H,10,11)/t4-/m0/s1. The van der Waals surface area contributed by atoms with Gasteiger partial charge in [-0.05, 0) is 6.42 Å². The van der Waals surface area contributed by atoms with Crippen molar-refractivity contribution in [2.75, 3.05) is 0 Å². The Morgan fingerprint density at radius 1 is 1.55 bits per heavy atom. The molecule has 0 aliphatic heterocycles. The number of carboxylic acid groups (broad SMARTS) is 1. The van der Waals surface area contributed by atoms with Crippen LogP contribution in [-0.2, 0) is 4.79 Å². The first kappa shape index (κ1) is 10.2. The highest BCUT2D eigenvalue weighted by Crippen LogP contribution is 2.30. The molecule has 0 aromatic carbocycles. The number of aliphatic carboxylic acids is 1. The van der Waals surface area contributed by atoms with Gasteiger partial charge in [-0.15, -0.1) is 0 Å². The Kier molecular flexibility index (Phi) is 2.50. The number of hydrogen-bond donors (Lipinski definition) is 2. The highest BCUT2D eigenvalue weighted by molar-refractivity contribution is 5.79. The first-order valence-corrected chi connectivity index (χ1v) is 2.84. The predicted octanol–water partition coefficient (Wildman–Crippen LogP) is 0.741. The molecule has 0 rings (SSSR count). The molecule has 0 bridgehead atoms. The lowest BCUT2D eigenvalue weighted by molar-refractivity contribution is -0.202. The Balaban J connectivity index is 4.75. The quantitative estimate of drug-likeness (QED) is 0.644. The minimum atomic E-state index is -4.90. The fourth-order valence-corrected chi connectivity index (χ4v) is 0.473. The summed E-state index contributed by atoms with van der Waals surface area (Å²) in [6.45, 7) is 1.07.